The number of carbonyl (C=O) groups excluding carboxylic acids is 2. The van der Waals surface area contributed by atoms with Crippen molar-refractivity contribution in [3.8, 4) is 0 Å². The Balaban J connectivity index is 2.64. The number of hydrogen-bond donors (Lipinski definition) is 0. The van der Waals surface area contributed by atoms with E-state index in [0.717, 1.165) is 16.5 Å². The van der Waals surface area contributed by atoms with Gasteiger partial charge in [-0.25, -0.2) is 4.79 Å². The van der Waals surface area contributed by atoms with Gasteiger partial charge in [-0.3, -0.25) is 4.79 Å². The lowest BCUT2D eigenvalue weighted by atomic mass is 10.1. The molecule has 4 nitrogen and oxygen atoms in total. The molecule has 0 saturated heterocycles. The van der Waals surface area contributed by atoms with Crippen LogP contribution in [0.1, 0.15) is 42.9 Å². The summed E-state index contributed by atoms with van der Waals surface area (Å²) >= 11 is 0. The number of Topliss-reactive ketones (excluding diaryl/α,β-unsaturated/α-hetero) is 1. The Kier molecular flexibility index (Phi) is 3.93. The Hall–Kier alpha value is -2.10. The van der Waals surface area contributed by atoms with Crippen molar-refractivity contribution in [3.63, 3.8) is 0 Å². The van der Waals surface area contributed by atoms with E-state index < -0.39 is 11.8 Å². The largest absolute Gasteiger partial charge is 0.460 e. The number of benzene rings is 1. The molecule has 106 valence electrons. The molecule has 0 fully saturated rings. The molecule has 2 aromatic rings. The molecule has 0 N–H and O–H groups in total. The van der Waals surface area contributed by atoms with Gasteiger partial charge in [0.15, 0.2) is 0 Å². The van der Waals surface area contributed by atoms with Gasteiger partial charge in [-0.05, 0) is 45.4 Å². The van der Waals surface area contributed by atoms with Gasteiger partial charge < -0.3 is 9.30 Å². The van der Waals surface area contributed by atoms with Crippen LogP contribution < -0.4 is 0 Å². The van der Waals surface area contributed by atoms with Gasteiger partial charge in [0.1, 0.15) is 0 Å². The molecular weight excluding hydrogens is 254 g/mol. The van der Waals surface area contributed by atoms with Crippen LogP contribution in [0.25, 0.3) is 10.9 Å². The van der Waals surface area contributed by atoms with Crippen molar-refractivity contribution < 1.29 is 14.3 Å². The van der Waals surface area contributed by atoms with E-state index in [1.165, 1.54) is 0 Å². The molecular formula is C16H19NO3. The molecule has 0 saturated carbocycles. The smallest absolute Gasteiger partial charge is 0.381 e. The first kappa shape index (κ1) is 14.3. The van der Waals surface area contributed by atoms with E-state index in [0.29, 0.717) is 5.69 Å². The van der Waals surface area contributed by atoms with Crippen molar-refractivity contribution >= 4 is 22.7 Å². The molecule has 0 unspecified atom stereocenters. The van der Waals surface area contributed by atoms with Crippen LogP contribution in [0.2, 0.25) is 0 Å². The zero-order chi connectivity index (χ0) is 14.9. The highest BCUT2D eigenvalue weighted by atomic mass is 16.5. The van der Waals surface area contributed by atoms with Crippen LogP contribution in [0.5, 0.6) is 0 Å². The van der Waals surface area contributed by atoms with Crippen LogP contribution in [-0.2, 0) is 9.53 Å². The Morgan fingerprint density at radius 1 is 1.30 bits per heavy atom. The molecule has 4 heteroatoms. The number of rotatable bonds is 4. The number of esters is 1. The second-order valence-corrected chi connectivity index (χ2v) is 5.05. The Labute approximate surface area is 118 Å². The van der Waals surface area contributed by atoms with Crippen molar-refractivity contribution in [1.82, 2.24) is 4.57 Å². The fraction of sp³-hybridized carbons (Fsp3) is 0.375. The fourth-order valence-electron chi connectivity index (χ4n) is 2.43. The maximum Gasteiger partial charge on any atom is 0.381 e. The van der Waals surface area contributed by atoms with Gasteiger partial charge in [-0.15, -0.1) is 0 Å². The minimum atomic E-state index is -0.796. The monoisotopic (exact) mass is 273 g/mol. The highest BCUT2D eigenvalue weighted by molar-refractivity contribution is 6.40. The quantitative estimate of drug-likeness (QED) is 0.488. The van der Waals surface area contributed by atoms with Gasteiger partial charge in [-0.2, -0.15) is 0 Å². The molecule has 1 aromatic carbocycles. The van der Waals surface area contributed by atoms with E-state index in [9.17, 15) is 9.59 Å². The molecule has 0 atom stereocenters. The number of ether oxygens (including phenoxy) is 1. The summed E-state index contributed by atoms with van der Waals surface area (Å²) in [4.78, 5) is 23.9. The predicted octanol–water partition coefficient (Wildman–Crippen LogP) is 3.28. The standard InChI is InChI=1S/C16H19NO3/c1-5-20-16(19)15(18)14-9-12-11(4)7-6-8-13(12)17(14)10(2)3/h6-10H,5H2,1-4H3. The third-order valence-electron chi connectivity index (χ3n) is 3.31. The third kappa shape index (κ3) is 2.33. The Bertz CT molecular complexity index is 668. The lowest BCUT2D eigenvalue weighted by Crippen LogP contribution is -2.21. The molecule has 0 aliphatic heterocycles. The van der Waals surface area contributed by atoms with Crippen molar-refractivity contribution in [3.05, 3.63) is 35.5 Å². The van der Waals surface area contributed by atoms with E-state index in [1.807, 2.05) is 43.5 Å². The summed E-state index contributed by atoms with van der Waals surface area (Å²) in [5.41, 5.74) is 2.44. The molecule has 0 spiro atoms. The molecule has 1 aromatic heterocycles. The second-order valence-electron chi connectivity index (χ2n) is 5.05. The summed E-state index contributed by atoms with van der Waals surface area (Å²) in [5.74, 6) is -1.38. The fourth-order valence-corrected chi connectivity index (χ4v) is 2.43. The number of fused-ring (bicyclic) bond motifs is 1. The van der Waals surface area contributed by atoms with Crippen LogP contribution in [0.4, 0.5) is 0 Å². The summed E-state index contributed by atoms with van der Waals surface area (Å²) in [5, 5.41) is 0.994. The highest BCUT2D eigenvalue weighted by Crippen LogP contribution is 2.27. The minimum Gasteiger partial charge on any atom is -0.460 e. The molecule has 0 aliphatic carbocycles. The first-order valence-electron chi connectivity index (χ1n) is 6.79. The molecule has 2 rings (SSSR count). The van der Waals surface area contributed by atoms with Gasteiger partial charge in [0.05, 0.1) is 12.3 Å². The van der Waals surface area contributed by atoms with Crippen molar-refractivity contribution in [2.24, 2.45) is 0 Å². The number of ketones is 1. The lowest BCUT2D eigenvalue weighted by molar-refractivity contribution is -0.137. The van der Waals surface area contributed by atoms with Crippen LogP contribution in [-0.4, -0.2) is 22.9 Å². The van der Waals surface area contributed by atoms with Gasteiger partial charge in [0.25, 0.3) is 5.78 Å². The average Bonchev–Trinajstić information content (AvgIpc) is 2.79. The topological polar surface area (TPSA) is 48.3 Å². The first-order valence-corrected chi connectivity index (χ1v) is 6.79. The van der Waals surface area contributed by atoms with Gasteiger partial charge in [0.2, 0.25) is 0 Å². The number of carbonyl (C=O) groups is 2. The summed E-state index contributed by atoms with van der Waals surface area (Å²) in [6.45, 7) is 7.86. The Morgan fingerprint density at radius 3 is 2.60 bits per heavy atom. The molecule has 0 amide bonds. The van der Waals surface area contributed by atoms with Gasteiger partial charge >= 0.3 is 5.97 Å². The van der Waals surface area contributed by atoms with Crippen LogP contribution in [0.15, 0.2) is 24.3 Å². The normalized spacial score (nSPS) is 11.1. The summed E-state index contributed by atoms with van der Waals surface area (Å²) in [6.07, 6.45) is 0. The minimum absolute atomic E-state index is 0.0858. The maximum absolute atomic E-state index is 12.2. The van der Waals surface area contributed by atoms with Crippen molar-refractivity contribution in [2.75, 3.05) is 6.61 Å². The van der Waals surface area contributed by atoms with E-state index in [1.54, 1.807) is 13.0 Å². The van der Waals surface area contributed by atoms with E-state index in [4.69, 9.17) is 4.74 Å². The lowest BCUT2D eigenvalue weighted by Gasteiger charge is -2.13. The molecule has 20 heavy (non-hydrogen) atoms. The maximum atomic E-state index is 12.2. The number of nitrogens with zero attached hydrogens (tertiary/aromatic N) is 1. The van der Waals surface area contributed by atoms with E-state index in [2.05, 4.69) is 0 Å². The van der Waals surface area contributed by atoms with Crippen molar-refractivity contribution in [2.45, 2.75) is 33.7 Å². The molecule has 1 heterocycles. The van der Waals surface area contributed by atoms with Gasteiger partial charge in [-0.1, -0.05) is 12.1 Å². The Morgan fingerprint density at radius 2 is 2.00 bits per heavy atom. The zero-order valence-electron chi connectivity index (χ0n) is 12.3. The van der Waals surface area contributed by atoms with Crippen LogP contribution in [0, 0.1) is 6.92 Å². The molecule has 0 aliphatic rings. The summed E-state index contributed by atoms with van der Waals surface area (Å²) < 4.78 is 6.71. The van der Waals surface area contributed by atoms with Gasteiger partial charge in [0, 0.05) is 16.9 Å². The van der Waals surface area contributed by atoms with Crippen molar-refractivity contribution in [1.29, 1.82) is 0 Å². The second kappa shape index (κ2) is 5.49. The SMILES string of the molecule is CCOC(=O)C(=O)c1cc2c(C)cccc2n1C(C)C. The van der Waals surface area contributed by atoms with E-state index in [-0.39, 0.29) is 12.6 Å². The third-order valence-corrected chi connectivity index (χ3v) is 3.31. The summed E-state index contributed by atoms with van der Waals surface area (Å²) in [6, 6.07) is 7.78. The highest BCUT2D eigenvalue weighted by Gasteiger charge is 2.24. The molecule has 0 bridgehead atoms. The average molecular weight is 273 g/mol. The number of hydrogen-bond acceptors (Lipinski definition) is 3. The molecule has 0 radical (unpaired) electrons. The van der Waals surface area contributed by atoms with Crippen LogP contribution in [0.3, 0.4) is 0 Å². The number of aryl methyl sites for hydroxylation is 1. The zero-order valence-corrected chi connectivity index (χ0v) is 12.3. The van der Waals surface area contributed by atoms with E-state index >= 15 is 0 Å². The van der Waals surface area contributed by atoms with Crippen LogP contribution >= 0.6 is 0 Å². The predicted molar refractivity (Wildman–Crippen MR) is 78.0 cm³/mol. The first-order chi connectivity index (χ1) is 9.47. The number of aromatic nitrogens is 1. The summed E-state index contributed by atoms with van der Waals surface area (Å²) in [7, 11) is 0.